The summed E-state index contributed by atoms with van der Waals surface area (Å²) in [5, 5.41) is 4.00. The Kier molecular flexibility index (Phi) is 6.90. The van der Waals surface area contributed by atoms with Gasteiger partial charge in [-0.15, -0.1) is 0 Å². The van der Waals surface area contributed by atoms with E-state index in [1.165, 1.54) is 18.4 Å². The standard InChI is InChI=1S/C22H29Cl2N7O/c1-30(2)20-16-5-3-4-6-17(16)27-22(29-20)26-13-7-9-14(10-8-13)31(21(25)32)15-11-18(23)28-19(24)12-15/h11-14H,3-10H2,1-2H3,(H2,25,32)(H,26,27,29). The first-order chi connectivity index (χ1) is 15.3. The molecule has 2 heterocycles. The number of hydrogen-bond acceptors (Lipinski definition) is 6. The first-order valence-electron chi connectivity index (χ1n) is 11.1. The number of carbonyl (C=O) groups excluding carboxylic acids is 1. The van der Waals surface area contributed by atoms with Gasteiger partial charge in [0.2, 0.25) is 5.95 Å². The topological polar surface area (TPSA) is 100 Å². The number of hydrogen-bond donors (Lipinski definition) is 2. The molecule has 2 aromatic heterocycles. The molecular weight excluding hydrogens is 449 g/mol. The number of nitrogens with zero attached hydrogens (tertiary/aromatic N) is 5. The molecule has 1 fully saturated rings. The van der Waals surface area contributed by atoms with Gasteiger partial charge in [-0.3, -0.25) is 4.90 Å². The summed E-state index contributed by atoms with van der Waals surface area (Å²) in [4.78, 5) is 29.5. The predicted octanol–water partition coefficient (Wildman–Crippen LogP) is 4.43. The molecular formula is C22H29Cl2N7O. The van der Waals surface area contributed by atoms with Crippen molar-refractivity contribution in [2.24, 2.45) is 5.73 Å². The van der Waals surface area contributed by atoms with Gasteiger partial charge in [0, 0.05) is 31.7 Å². The van der Waals surface area contributed by atoms with Crippen LogP contribution in [0.3, 0.4) is 0 Å². The van der Waals surface area contributed by atoms with Gasteiger partial charge in [0.05, 0.1) is 11.4 Å². The van der Waals surface area contributed by atoms with Crippen molar-refractivity contribution < 1.29 is 4.79 Å². The van der Waals surface area contributed by atoms with Crippen LogP contribution in [0.5, 0.6) is 0 Å². The van der Waals surface area contributed by atoms with E-state index in [-0.39, 0.29) is 22.4 Å². The second kappa shape index (κ2) is 9.67. The number of rotatable bonds is 5. The first-order valence-corrected chi connectivity index (χ1v) is 11.8. The second-order valence-corrected chi connectivity index (χ2v) is 9.50. The minimum absolute atomic E-state index is 0.0260. The number of nitrogens with one attached hydrogen (secondary N) is 1. The third kappa shape index (κ3) is 5.02. The van der Waals surface area contributed by atoms with Gasteiger partial charge in [-0.1, -0.05) is 23.2 Å². The molecule has 0 aromatic carbocycles. The van der Waals surface area contributed by atoms with Crippen molar-refractivity contribution in [2.75, 3.05) is 29.2 Å². The number of primary amides is 1. The molecule has 2 amide bonds. The van der Waals surface area contributed by atoms with Gasteiger partial charge < -0.3 is 16.0 Å². The van der Waals surface area contributed by atoms with Gasteiger partial charge in [-0.05, 0) is 63.5 Å². The van der Waals surface area contributed by atoms with Gasteiger partial charge in [0.1, 0.15) is 16.1 Å². The Morgan fingerprint density at radius 3 is 2.31 bits per heavy atom. The van der Waals surface area contributed by atoms with Crippen LogP contribution < -0.4 is 20.9 Å². The Balaban J connectivity index is 1.45. The molecule has 10 heteroatoms. The highest BCUT2D eigenvalue weighted by Gasteiger charge is 2.30. The van der Waals surface area contributed by atoms with Crippen LogP contribution in [0.1, 0.15) is 49.8 Å². The van der Waals surface area contributed by atoms with Crippen molar-refractivity contribution in [3.8, 4) is 0 Å². The number of urea groups is 1. The Morgan fingerprint density at radius 1 is 1.03 bits per heavy atom. The van der Waals surface area contributed by atoms with E-state index in [1.54, 1.807) is 17.0 Å². The molecule has 0 atom stereocenters. The van der Waals surface area contributed by atoms with Crippen LogP contribution >= 0.6 is 23.2 Å². The number of aromatic nitrogens is 3. The number of pyridine rings is 1. The summed E-state index contributed by atoms with van der Waals surface area (Å²) in [5.41, 5.74) is 8.73. The van der Waals surface area contributed by atoms with Crippen LogP contribution in [0.25, 0.3) is 0 Å². The molecule has 3 N–H and O–H groups in total. The third-order valence-electron chi connectivity index (χ3n) is 6.24. The van der Waals surface area contributed by atoms with E-state index in [1.807, 2.05) is 14.1 Å². The quantitative estimate of drug-likeness (QED) is 0.617. The number of halogens is 2. The average Bonchev–Trinajstić information content (AvgIpc) is 2.73. The molecule has 0 unspecified atom stereocenters. The maximum absolute atomic E-state index is 12.2. The van der Waals surface area contributed by atoms with Crippen molar-refractivity contribution in [2.45, 2.75) is 63.5 Å². The van der Waals surface area contributed by atoms with Gasteiger partial charge in [-0.25, -0.2) is 14.8 Å². The minimum atomic E-state index is -0.520. The molecule has 4 rings (SSSR count). The van der Waals surface area contributed by atoms with Crippen LogP contribution in [-0.2, 0) is 12.8 Å². The van der Waals surface area contributed by atoms with Gasteiger partial charge in [0.15, 0.2) is 0 Å². The third-order valence-corrected chi connectivity index (χ3v) is 6.63. The summed E-state index contributed by atoms with van der Waals surface area (Å²) < 4.78 is 0. The zero-order valence-electron chi connectivity index (χ0n) is 18.4. The van der Waals surface area contributed by atoms with Crippen molar-refractivity contribution in [1.82, 2.24) is 15.0 Å². The molecule has 0 aliphatic heterocycles. The van der Waals surface area contributed by atoms with E-state index in [9.17, 15) is 4.79 Å². The lowest BCUT2D eigenvalue weighted by atomic mass is 9.90. The minimum Gasteiger partial charge on any atom is -0.362 e. The van der Waals surface area contributed by atoms with Crippen molar-refractivity contribution in [3.05, 3.63) is 33.7 Å². The normalized spacial score (nSPS) is 20.4. The Bertz CT molecular complexity index is 972. The largest absolute Gasteiger partial charge is 0.362 e. The Labute approximate surface area is 198 Å². The van der Waals surface area contributed by atoms with Crippen molar-refractivity contribution in [3.63, 3.8) is 0 Å². The molecule has 0 saturated heterocycles. The Morgan fingerprint density at radius 2 is 1.69 bits per heavy atom. The molecule has 0 spiro atoms. The summed E-state index contributed by atoms with van der Waals surface area (Å²) in [6.07, 6.45) is 7.75. The van der Waals surface area contributed by atoms with E-state index in [0.717, 1.165) is 50.0 Å². The van der Waals surface area contributed by atoms with Crippen LogP contribution in [0.15, 0.2) is 12.1 Å². The maximum Gasteiger partial charge on any atom is 0.319 e. The summed E-state index contributed by atoms with van der Waals surface area (Å²) in [6.45, 7) is 0. The number of carbonyl (C=O) groups is 1. The average molecular weight is 478 g/mol. The highest BCUT2D eigenvalue weighted by molar-refractivity contribution is 6.33. The summed E-state index contributed by atoms with van der Waals surface area (Å²) in [6, 6.07) is 2.93. The highest BCUT2D eigenvalue weighted by atomic mass is 35.5. The molecule has 2 aromatic rings. The second-order valence-electron chi connectivity index (χ2n) is 8.73. The van der Waals surface area contributed by atoms with Gasteiger partial charge in [0.25, 0.3) is 0 Å². The van der Waals surface area contributed by atoms with Crippen LogP contribution in [0.2, 0.25) is 10.3 Å². The Hall–Kier alpha value is -2.32. The van der Waals surface area contributed by atoms with E-state index < -0.39 is 6.03 Å². The fourth-order valence-electron chi connectivity index (χ4n) is 4.78. The number of aryl methyl sites for hydroxylation is 1. The fourth-order valence-corrected chi connectivity index (χ4v) is 5.23. The van der Waals surface area contributed by atoms with E-state index in [4.69, 9.17) is 38.9 Å². The maximum atomic E-state index is 12.2. The number of anilines is 3. The smallest absolute Gasteiger partial charge is 0.319 e. The lowest BCUT2D eigenvalue weighted by Crippen LogP contribution is -2.47. The molecule has 2 aliphatic rings. The van der Waals surface area contributed by atoms with E-state index in [0.29, 0.717) is 11.6 Å². The SMILES string of the molecule is CN(C)c1nc(NC2CCC(N(C(N)=O)c3cc(Cl)nc(Cl)c3)CC2)nc2c1CCCC2. The lowest BCUT2D eigenvalue weighted by molar-refractivity contribution is 0.248. The van der Waals surface area contributed by atoms with E-state index >= 15 is 0 Å². The molecule has 1 saturated carbocycles. The molecule has 2 aliphatic carbocycles. The zero-order chi connectivity index (χ0) is 22.8. The molecule has 0 bridgehead atoms. The predicted molar refractivity (Wildman–Crippen MR) is 129 cm³/mol. The molecule has 0 radical (unpaired) electrons. The zero-order valence-corrected chi connectivity index (χ0v) is 20.0. The fraction of sp³-hybridized carbons (Fsp3) is 0.545. The molecule has 32 heavy (non-hydrogen) atoms. The van der Waals surface area contributed by atoms with Gasteiger partial charge in [-0.2, -0.15) is 4.98 Å². The monoisotopic (exact) mass is 477 g/mol. The van der Waals surface area contributed by atoms with Crippen molar-refractivity contribution >= 4 is 46.7 Å². The van der Waals surface area contributed by atoms with E-state index in [2.05, 4.69) is 15.2 Å². The summed E-state index contributed by atoms with van der Waals surface area (Å²) in [7, 11) is 4.06. The molecule has 8 nitrogen and oxygen atoms in total. The van der Waals surface area contributed by atoms with Crippen LogP contribution in [0.4, 0.5) is 22.2 Å². The first kappa shape index (κ1) is 22.9. The molecule has 172 valence electrons. The van der Waals surface area contributed by atoms with Crippen molar-refractivity contribution in [1.29, 1.82) is 0 Å². The summed E-state index contributed by atoms with van der Waals surface area (Å²) >= 11 is 12.1. The lowest BCUT2D eigenvalue weighted by Gasteiger charge is -2.36. The number of fused-ring (bicyclic) bond motifs is 1. The summed E-state index contributed by atoms with van der Waals surface area (Å²) in [5.74, 6) is 1.70. The van der Waals surface area contributed by atoms with Crippen LogP contribution in [-0.4, -0.2) is 47.2 Å². The number of amides is 2. The van der Waals surface area contributed by atoms with Crippen LogP contribution in [0, 0.1) is 0 Å². The number of nitrogens with two attached hydrogens (primary N) is 1. The highest BCUT2D eigenvalue weighted by Crippen LogP contribution is 2.32. The van der Waals surface area contributed by atoms with Gasteiger partial charge >= 0.3 is 6.03 Å².